The number of amides is 1. The third kappa shape index (κ3) is 2.51. The molecule has 0 saturated carbocycles. The Hall–Kier alpha value is -2.30. The largest absolute Gasteiger partial charge is 0.384 e. The van der Waals surface area contributed by atoms with Gasteiger partial charge in [-0.25, -0.2) is 0 Å². The predicted molar refractivity (Wildman–Crippen MR) is 82.5 cm³/mol. The topological polar surface area (TPSA) is 59.0 Å². The lowest BCUT2D eigenvalue weighted by molar-refractivity contribution is 0.0951. The number of nitrogens with one attached hydrogen (secondary N) is 2. The maximum atomic E-state index is 12.3. The van der Waals surface area contributed by atoms with Gasteiger partial charge in [-0.1, -0.05) is 0 Å². The molecule has 1 amide bonds. The zero-order chi connectivity index (χ0) is 15.0. The summed E-state index contributed by atoms with van der Waals surface area (Å²) >= 11 is 0. The highest BCUT2D eigenvalue weighted by atomic mass is 16.1. The Morgan fingerprint density at radius 2 is 2.24 bits per heavy atom. The number of rotatable bonds is 3. The molecule has 3 rings (SSSR count). The highest BCUT2D eigenvalue weighted by molar-refractivity contribution is 5.95. The van der Waals surface area contributed by atoms with E-state index in [1.165, 1.54) is 5.56 Å². The van der Waals surface area contributed by atoms with Crippen LogP contribution in [-0.4, -0.2) is 22.2 Å². The van der Waals surface area contributed by atoms with Gasteiger partial charge < -0.3 is 10.6 Å². The molecule has 1 aromatic carbocycles. The lowest BCUT2D eigenvalue weighted by Gasteiger charge is -2.07. The van der Waals surface area contributed by atoms with E-state index in [1.807, 2.05) is 43.8 Å². The number of carbonyl (C=O) groups excluding carboxylic acids is 1. The molecule has 0 aliphatic carbocycles. The molecule has 0 fully saturated rings. The molecule has 0 atom stereocenters. The third-order valence-electron chi connectivity index (χ3n) is 4.16. The first-order valence-electron chi connectivity index (χ1n) is 7.20. The monoisotopic (exact) mass is 284 g/mol. The first-order chi connectivity index (χ1) is 10.1. The van der Waals surface area contributed by atoms with Crippen LogP contribution in [0.1, 0.15) is 32.9 Å². The number of carbonyl (C=O) groups is 1. The summed E-state index contributed by atoms with van der Waals surface area (Å²) < 4.78 is 1.85. The molecule has 21 heavy (non-hydrogen) atoms. The SMILES string of the molecule is Cc1nn(C)c(C)c1CNC(=O)c1ccc2c(c1)CCN2. The summed E-state index contributed by atoms with van der Waals surface area (Å²) in [5.41, 5.74) is 6.23. The van der Waals surface area contributed by atoms with Crippen molar-refractivity contribution in [1.82, 2.24) is 15.1 Å². The Kier molecular flexibility index (Phi) is 3.41. The van der Waals surface area contributed by atoms with Gasteiger partial charge in [0.2, 0.25) is 0 Å². The highest BCUT2D eigenvalue weighted by Crippen LogP contribution is 2.23. The van der Waals surface area contributed by atoms with Gasteiger partial charge in [-0.15, -0.1) is 0 Å². The number of benzene rings is 1. The van der Waals surface area contributed by atoms with E-state index in [1.54, 1.807) is 0 Å². The van der Waals surface area contributed by atoms with E-state index in [2.05, 4.69) is 15.7 Å². The lowest BCUT2D eigenvalue weighted by atomic mass is 10.1. The molecule has 2 N–H and O–H groups in total. The van der Waals surface area contributed by atoms with Crippen molar-refractivity contribution in [3.05, 3.63) is 46.3 Å². The van der Waals surface area contributed by atoms with Crippen LogP contribution in [0.4, 0.5) is 5.69 Å². The second-order valence-corrected chi connectivity index (χ2v) is 5.50. The average molecular weight is 284 g/mol. The van der Waals surface area contributed by atoms with Crippen LogP contribution in [-0.2, 0) is 20.0 Å². The van der Waals surface area contributed by atoms with Crippen molar-refractivity contribution in [1.29, 1.82) is 0 Å². The van der Waals surface area contributed by atoms with E-state index in [-0.39, 0.29) is 5.91 Å². The summed E-state index contributed by atoms with van der Waals surface area (Å²) in [6, 6.07) is 5.83. The van der Waals surface area contributed by atoms with E-state index in [9.17, 15) is 4.79 Å². The maximum absolute atomic E-state index is 12.3. The fraction of sp³-hybridized carbons (Fsp3) is 0.375. The molecule has 2 aromatic rings. The smallest absolute Gasteiger partial charge is 0.251 e. The zero-order valence-electron chi connectivity index (χ0n) is 12.7. The summed E-state index contributed by atoms with van der Waals surface area (Å²) in [7, 11) is 1.92. The molecular weight excluding hydrogens is 264 g/mol. The minimum Gasteiger partial charge on any atom is -0.384 e. The number of aromatic nitrogens is 2. The Balaban J connectivity index is 1.72. The molecule has 5 nitrogen and oxygen atoms in total. The molecule has 1 aromatic heterocycles. The molecule has 1 aliphatic heterocycles. The Morgan fingerprint density at radius 1 is 1.43 bits per heavy atom. The minimum atomic E-state index is -0.0349. The van der Waals surface area contributed by atoms with Crippen molar-refractivity contribution in [2.45, 2.75) is 26.8 Å². The zero-order valence-corrected chi connectivity index (χ0v) is 12.7. The second kappa shape index (κ2) is 5.24. The van der Waals surface area contributed by atoms with Crippen LogP contribution in [0, 0.1) is 13.8 Å². The van der Waals surface area contributed by atoms with Gasteiger partial charge in [-0.3, -0.25) is 9.48 Å². The Bertz CT molecular complexity index is 703. The summed E-state index contributed by atoms with van der Waals surface area (Å²) in [6.07, 6.45) is 0.983. The van der Waals surface area contributed by atoms with Crippen molar-refractivity contribution in [3.63, 3.8) is 0 Å². The molecule has 5 heteroatoms. The molecule has 0 saturated heterocycles. The van der Waals surface area contributed by atoms with E-state index >= 15 is 0 Å². The van der Waals surface area contributed by atoms with Crippen molar-refractivity contribution < 1.29 is 4.79 Å². The molecule has 0 bridgehead atoms. The Labute approximate surface area is 124 Å². The number of anilines is 1. The van der Waals surface area contributed by atoms with Crippen LogP contribution in [0.2, 0.25) is 0 Å². The molecule has 1 aliphatic rings. The number of hydrogen-bond donors (Lipinski definition) is 2. The van der Waals surface area contributed by atoms with Crippen LogP contribution < -0.4 is 10.6 Å². The van der Waals surface area contributed by atoms with E-state index < -0.39 is 0 Å². The van der Waals surface area contributed by atoms with Crippen LogP contribution in [0.25, 0.3) is 0 Å². The first kappa shape index (κ1) is 13.7. The lowest BCUT2D eigenvalue weighted by Crippen LogP contribution is -2.23. The van der Waals surface area contributed by atoms with Gasteiger partial charge in [0.15, 0.2) is 0 Å². The van der Waals surface area contributed by atoms with Crippen LogP contribution in [0.5, 0.6) is 0 Å². The van der Waals surface area contributed by atoms with Crippen molar-refractivity contribution in [3.8, 4) is 0 Å². The average Bonchev–Trinajstić information content (AvgIpc) is 3.02. The predicted octanol–water partition coefficient (Wildman–Crippen LogP) is 1.93. The number of aryl methyl sites for hydroxylation is 2. The van der Waals surface area contributed by atoms with Gasteiger partial charge in [0.05, 0.1) is 5.69 Å². The van der Waals surface area contributed by atoms with Crippen molar-refractivity contribution in [2.24, 2.45) is 7.05 Å². The first-order valence-corrected chi connectivity index (χ1v) is 7.20. The van der Waals surface area contributed by atoms with Crippen molar-refractivity contribution >= 4 is 11.6 Å². The molecule has 110 valence electrons. The minimum absolute atomic E-state index is 0.0349. The fourth-order valence-corrected chi connectivity index (χ4v) is 2.79. The normalized spacial score (nSPS) is 12.9. The van der Waals surface area contributed by atoms with Gasteiger partial charge in [0, 0.05) is 42.6 Å². The van der Waals surface area contributed by atoms with E-state index in [4.69, 9.17) is 0 Å². The number of fused-ring (bicyclic) bond motifs is 1. The third-order valence-corrected chi connectivity index (χ3v) is 4.16. The maximum Gasteiger partial charge on any atom is 0.251 e. The summed E-state index contributed by atoms with van der Waals surface area (Å²) in [6.45, 7) is 5.45. The van der Waals surface area contributed by atoms with Crippen LogP contribution >= 0.6 is 0 Å². The van der Waals surface area contributed by atoms with Crippen molar-refractivity contribution in [2.75, 3.05) is 11.9 Å². The van der Waals surface area contributed by atoms with Crippen LogP contribution in [0.3, 0.4) is 0 Å². The Morgan fingerprint density at radius 3 is 2.95 bits per heavy atom. The highest BCUT2D eigenvalue weighted by Gasteiger charge is 2.15. The van der Waals surface area contributed by atoms with Gasteiger partial charge in [0.1, 0.15) is 0 Å². The summed E-state index contributed by atoms with van der Waals surface area (Å²) in [4.78, 5) is 12.3. The van der Waals surface area contributed by atoms with Gasteiger partial charge in [0.25, 0.3) is 5.91 Å². The van der Waals surface area contributed by atoms with Crippen LogP contribution in [0.15, 0.2) is 18.2 Å². The number of nitrogens with zero attached hydrogens (tertiary/aromatic N) is 2. The van der Waals surface area contributed by atoms with Gasteiger partial charge in [-0.05, 0) is 44.0 Å². The number of hydrogen-bond acceptors (Lipinski definition) is 3. The summed E-state index contributed by atoms with van der Waals surface area (Å²) in [5, 5.41) is 10.7. The van der Waals surface area contributed by atoms with E-state index in [0.717, 1.165) is 41.2 Å². The standard InChI is InChI=1S/C16H20N4O/c1-10-14(11(2)20(3)19-10)9-18-16(21)13-4-5-15-12(8-13)6-7-17-15/h4-5,8,17H,6-7,9H2,1-3H3,(H,18,21). The molecule has 2 heterocycles. The van der Waals surface area contributed by atoms with Gasteiger partial charge >= 0.3 is 0 Å². The molecule has 0 unspecified atom stereocenters. The van der Waals surface area contributed by atoms with E-state index in [0.29, 0.717) is 6.54 Å². The van der Waals surface area contributed by atoms with Gasteiger partial charge in [-0.2, -0.15) is 5.10 Å². The molecule has 0 radical (unpaired) electrons. The molecule has 0 spiro atoms. The fourth-order valence-electron chi connectivity index (χ4n) is 2.79. The quantitative estimate of drug-likeness (QED) is 0.905. The second-order valence-electron chi connectivity index (χ2n) is 5.50. The summed E-state index contributed by atoms with van der Waals surface area (Å²) in [5.74, 6) is -0.0349. The molecular formula is C16H20N4O.